The lowest BCUT2D eigenvalue weighted by molar-refractivity contribution is -0.384. The molecule has 0 aliphatic carbocycles. The standard InChI is InChI=1S/C17H17ClN2O6/c1-24-14-6-10(7-15(25-2)16(14)26-3)9-19-17(21)12-8-11(20(22)23)4-5-13(12)18/h4-8H,9H2,1-3H3,(H,19,21). The van der Waals surface area contributed by atoms with Gasteiger partial charge in [-0.15, -0.1) is 0 Å². The lowest BCUT2D eigenvalue weighted by atomic mass is 10.1. The molecule has 9 heteroatoms. The number of nitrogens with one attached hydrogen (secondary N) is 1. The Balaban J connectivity index is 2.22. The van der Waals surface area contributed by atoms with Crippen molar-refractivity contribution in [3.63, 3.8) is 0 Å². The number of hydrogen-bond donors (Lipinski definition) is 1. The van der Waals surface area contributed by atoms with E-state index in [2.05, 4.69) is 5.32 Å². The number of benzene rings is 2. The Bertz CT molecular complexity index is 815. The molecule has 2 aromatic carbocycles. The number of non-ortho nitro benzene ring substituents is 1. The number of ether oxygens (including phenoxy) is 3. The van der Waals surface area contributed by atoms with Crippen molar-refractivity contribution in [2.45, 2.75) is 6.54 Å². The summed E-state index contributed by atoms with van der Waals surface area (Å²) < 4.78 is 15.8. The number of nitro benzene ring substituents is 1. The van der Waals surface area contributed by atoms with Crippen LogP contribution >= 0.6 is 11.6 Å². The third kappa shape index (κ3) is 4.15. The minimum absolute atomic E-state index is 0.0216. The van der Waals surface area contributed by atoms with Crippen LogP contribution in [0.5, 0.6) is 17.2 Å². The van der Waals surface area contributed by atoms with Gasteiger partial charge in [0.25, 0.3) is 11.6 Å². The van der Waals surface area contributed by atoms with Crippen molar-refractivity contribution in [2.75, 3.05) is 21.3 Å². The van der Waals surface area contributed by atoms with Gasteiger partial charge in [0.1, 0.15) is 0 Å². The molecule has 0 radical (unpaired) electrons. The monoisotopic (exact) mass is 380 g/mol. The predicted molar refractivity (Wildman–Crippen MR) is 95.4 cm³/mol. The number of nitro groups is 1. The van der Waals surface area contributed by atoms with Crippen LogP contribution < -0.4 is 19.5 Å². The van der Waals surface area contributed by atoms with Crippen LogP contribution in [-0.4, -0.2) is 32.2 Å². The molecule has 0 aromatic heterocycles. The van der Waals surface area contributed by atoms with Gasteiger partial charge in [0.2, 0.25) is 5.75 Å². The van der Waals surface area contributed by atoms with E-state index in [1.165, 1.54) is 33.5 Å². The van der Waals surface area contributed by atoms with Crippen LogP contribution in [0.1, 0.15) is 15.9 Å². The summed E-state index contributed by atoms with van der Waals surface area (Å²) in [7, 11) is 4.47. The maximum Gasteiger partial charge on any atom is 0.270 e. The molecule has 0 bridgehead atoms. The van der Waals surface area contributed by atoms with Crippen molar-refractivity contribution in [1.82, 2.24) is 5.32 Å². The Kier molecular flexibility index (Phi) is 6.24. The predicted octanol–water partition coefficient (Wildman–Crippen LogP) is 3.20. The number of nitrogens with zero attached hydrogens (tertiary/aromatic N) is 1. The molecule has 138 valence electrons. The fourth-order valence-corrected chi connectivity index (χ4v) is 2.52. The van der Waals surface area contributed by atoms with Crippen molar-refractivity contribution in [3.05, 3.63) is 56.6 Å². The molecule has 0 aliphatic heterocycles. The molecule has 2 aromatic rings. The summed E-state index contributed by atoms with van der Waals surface area (Å²) in [5.74, 6) is 0.799. The molecule has 0 aliphatic rings. The number of carbonyl (C=O) groups excluding carboxylic acids is 1. The first-order chi connectivity index (χ1) is 12.4. The van der Waals surface area contributed by atoms with Crippen molar-refractivity contribution in [3.8, 4) is 17.2 Å². The Morgan fingerprint density at radius 1 is 1.12 bits per heavy atom. The van der Waals surface area contributed by atoms with Gasteiger partial charge in [-0.2, -0.15) is 0 Å². The van der Waals surface area contributed by atoms with Crippen LogP contribution in [0.4, 0.5) is 5.69 Å². The Hall–Kier alpha value is -3.00. The first-order valence-electron chi connectivity index (χ1n) is 7.42. The van der Waals surface area contributed by atoms with Crippen LogP contribution in [0.15, 0.2) is 30.3 Å². The molecule has 1 N–H and O–H groups in total. The summed E-state index contributed by atoms with van der Waals surface area (Å²) in [6.45, 7) is 0.134. The zero-order valence-electron chi connectivity index (χ0n) is 14.4. The summed E-state index contributed by atoms with van der Waals surface area (Å²) in [5, 5.41) is 13.6. The molecule has 0 heterocycles. The Labute approximate surface area is 154 Å². The molecular weight excluding hydrogens is 364 g/mol. The van der Waals surface area contributed by atoms with E-state index in [4.69, 9.17) is 25.8 Å². The van der Waals surface area contributed by atoms with Crippen LogP contribution in [0.2, 0.25) is 5.02 Å². The largest absolute Gasteiger partial charge is 0.493 e. The van der Waals surface area contributed by atoms with Crippen molar-refractivity contribution in [2.24, 2.45) is 0 Å². The van der Waals surface area contributed by atoms with Gasteiger partial charge >= 0.3 is 0 Å². The number of rotatable bonds is 7. The van der Waals surface area contributed by atoms with Gasteiger partial charge < -0.3 is 19.5 Å². The summed E-state index contributed by atoms with van der Waals surface area (Å²) in [4.78, 5) is 22.6. The molecule has 0 saturated carbocycles. The molecule has 0 saturated heterocycles. The van der Waals surface area contributed by atoms with Gasteiger partial charge in [-0.1, -0.05) is 11.6 Å². The van der Waals surface area contributed by atoms with Gasteiger partial charge in [-0.25, -0.2) is 0 Å². The highest BCUT2D eigenvalue weighted by molar-refractivity contribution is 6.33. The van der Waals surface area contributed by atoms with Crippen molar-refractivity contribution < 1.29 is 23.9 Å². The number of amides is 1. The van der Waals surface area contributed by atoms with Gasteiger partial charge in [-0.3, -0.25) is 14.9 Å². The van der Waals surface area contributed by atoms with Gasteiger partial charge in [0, 0.05) is 18.7 Å². The zero-order valence-corrected chi connectivity index (χ0v) is 15.1. The number of hydrogen-bond acceptors (Lipinski definition) is 6. The van der Waals surface area contributed by atoms with E-state index in [-0.39, 0.29) is 22.8 Å². The molecule has 26 heavy (non-hydrogen) atoms. The molecule has 0 atom stereocenters. The average molecular weight is 381 g/mol. The van der Waals surface area contributed by atoms with E-state index < -0.39 is 10.8 Å². The van der Waals surface area contributed by atoms with Crippen molar-refractivity contribution >= 4 is 23.2 Å². The zero-order chi connectivity index (χ0) is 19.3. The summed E-state index contributed by atoms with van der Waals surface area (Å²) >= 11 is 5.97. The minimum Gasteiger partial charge on any atom is -0.493 e. The van der Waals surface area contributed by atoms with Crippen LogP contribution in [0, 0.1) is 10.1 Å². The Morgan fingerprint density at radius 3 is 2.23 bits per heavy atom. The average Bonchev–Trinajstić information content (AvgIpc) is 2.65. The topological polar surface area (TPSA) is 99.9 Å². The SMILES string of the molecule is COc1cc(CNC(=O)c2cc([N+](=O)[O-])ccc2Cl)cc(OC)c1OC. The first kappa shape index (κ1) is 19.3. The van der Waals surface area contributed by atoms with Gasteiger partial charge in [0.05, 0.1) is 36.8 Å². The Morgan fingerprint density at radius 2 is 1.73 bits per heavy atom. The summed E-state index contributed by atoms with van der Waals surface area (Å²) in [5.41, 5.74) is 0.495. The van der Waals surface area contributed by atoms with E-state index in [1.807, 2.05) is 0 Å². The van der Waals surface area contributed by atoms with Crippen LogP contribution in [-0.2, 0) is 6.54 Å². The maximum atomic E-state index is 12.3. The van der Waals surface area contributed by atoms with Crippen molar-refractivity contribution in [1.29, 1.82) is 0 Å². The quantitative estimate of drug-likeness (QED) is 0.584. The maximum absolute atomic E-state index is 12.3. The third-order valence-corrected chi connectivity index (χ3v) is 3.91. The number of methoxy groups -OCH3 is 3. The third-order valence-electron chi connectivity index (χ3n) is 3.58. The lowest BCUT2D eigenvalue weighted by Gasteiger charge is -2.14. The highest BCUT2D eigenvalue weighted by Crippen LogP contribution is 2.38. The molecule has 0 unspecified atom stereocenters. The van der Waals surface area contributed by atoms with Crippen LogP contribution in [0.25, 0.3) is 0 Å². The minimum atomic E-state index is -0.591. The summed E-state index contributed by atoms with van der Waals surface area (Å²) in [6, 6.07) is 7.06. The highest BCUT2D eigenvalue weighted by atomic mass is 35.5. The lowest BCUT2D eigenvalue weighted by Crippen LogP contribution is -2.23. The van der Waals surface area contributed by atoms with Gasteiger partial charge in [-0.05, 0) is 23.8 Å². The number of carbonyl (C=O) groups is 1. The molecule has 8 nitrogen and oxygen atoms in total. The van der Waals surface area contributed by atoms with Gasteiger partial charge in [0.15, 0.2) is 11.5 Å². The second-order valence-electron chi connectivity index (χ2n) is 5.14. The molecule has 1 amide bonds. The summed E-state index contributed by atoms with van der Waals surface area (Å²) in [6.07, 6.45) is 0. The van der Waals surface area contributed by atoms with E-state index in [0.717, 1.165) is 6.07 Å². The molecule has 2 rings (SSSR count). The highest BCUT2D eigenvalue weighted by Gasteiger charge is 2.17. The first-order valence-corrected chi connectivity index (χ1v) is 7.80. The second-order valence-corrected chi connectivity index (χ2v) is 5.54. The van der Waals surface area contributed by atoms with E-state index >= 15 is 0 Å². The normalized spacial score (nSPS) is 10.2. The molecule has 0 fully saturated rings. The smallest absolute Gasteiger partial charge is 0.270 e. The number of halogens is 1. The second kappa shape index (κ2) is 8.39. The van der Waals surface area contributed by atoms with E-state index in [0.29, 0.717) is 22.8 Å². The fourth-order valence-electron chi connectivity index (χ4n) is 2.32. The van der Waals surface area contributed by atoms with E-state index in [9.17, 15) is 14.9 Å². The van der Waals surface area contributed by atoms with E-state index in [1.54, 1.807) is 12.1 Å². The van der Waals surface area contributed by atoms with Crippen LogP contribution in [0.3, 0.4) is 0 Å². The molecule has 0 spiro atoms. The molecular formula is C17H17ClN2O6. The fraction of sp³-hybridized carbons (Fsp3) is 0.235.